The van der Waals surface area contributed by atoms with Crippen LogP contribution >= 0.6 is 23.1 Å². The number of hydrogen-bond donors (Lipinski definition) is 0. The molecule has 6 nitrogen and oxygen atoms in total. The Bertz CT molecular complexity index is 1020. The maximum Gasteiger partial charge on any atom is 0.247 e. The van der Waals surface area contributed by atoms with Gasteiger partial charge in [-0.25, -0.2) is 0 Å². The number of aryl methyl sites for hydroxylation is 1. The van der Waals surface area contributed by atoms with Crippen molar-refractivity contribution in [3.8, 4) is 17.1 Å². The molecular formula is C20H20N4O2S2. The van der Waals surface area contributed by atoms with Crippen molar-refractivity contribution in [1.29, 1.82) is 0 Å². The predicted octanol–water partition coefficient (Wildman–Crippen LogP) is 4.85. The smallest absolute Gasteiger partial charge is 0.247 e. The van der Waals surface area contributed by atoms with Crippen molar-refractivity contribution in [1.82, 2.24) is 15.2 Å². The first kappa shape index (κ1) is 18.9. The summed E-state index contributed by atoms with van der Waals surface area (Å²) in [5.41, 5.74) is 2.09. The number of benzene rings is 1. The van der Waals surface area contributed by atoms with E-state index in [0.29, 0.717) is 16.7 Å². The number of aromatic nitrogens is 3. The van der Waals surface area contributed by atoms with Crippen LogP contribution in [0.4, 0.5) is 5.69 Å². The molecule has 28 heavy (non-hydrogen) atoms. The summed E-state index contributed by atoms with van der Waals surface area (Å²) in [7, 11) is 0. The van der Waals surface area contributed by atoms with E-state index < -0.39 is 6.23 Å². The molecular weight excluding hydrogens is 392 g/mol. The van der Waals surface area contributed by atoms with Crippen molar-refractivity contribution in [3.05, 3.63) is 46.2 Å². The second kappa shape index (κ2) is 7.89. The summed E-state index contributed by atoms with van der Waals surface area (Å²) in [6, 6.07) is 11.7. The lowest BCUT2D eigenvalue weighted by Crippen LogP contribution is -2.35. The molecule has 0 saturated carbocycles. The average Bonchev–Trinajstić information content (AvgIpc) is 3.06. The van der Waals surface area contributed by atoms with Gasteiger partial charge in [0.1, 0.15) is 0 Å². The third-order valence-corrected chi connectivity index (χ3v) is 6.37. The summed E-state index contributed by atoms with van der Waals surface area (Å²) >= 11 is 3.15. The van der Waals surface area contributed by atoms with Gasteiger partial charge >= 0.3 is 0 Å². The third-order valence-electron chi connectivity index (χ3n) is 4.29. The van der Waals surface area contributed by atoms with Crippen molar-refractivity contribution >= 4 is 34.7 Å². The van der Waals surface area contributed by atoms with Gasteiger partial charge in [-0.05, 0) is 31.5 Å². The van der Waals surface area contributed by atoms with Crippen LogP contribution in [0, 0.1) is 6.92 Å². The molecule has 1 aliphatic rings. The Labute approximate surface area is 172 Å². The van der Waals surface area contributed by atoms with E-state index in [-0.39, 0.29) is 5.91 Å². The number of carbonyl (C=O) groups is 1. The van der Waals surface area contributed by atoms with Crippen LogP contribution in [0.25, 0.3) is 11.3 Å². The minimum Gasteiger partial charge on any atom is -0.446 e. The first-order chi connectivity index (χ1) is 13.6. The lowest BCUT2D eigenvalue weighted by Gasteiger charge is -2.28. The molecule has 1 atom stereocenters. The first-order valence-corrected chi connectivity index (χ1v) is 10.9. The summed E-state index contributed by atoms with van der Waals surface area (Å²) in [5, 5.41) is 9.25. The van der Waals surface area contributed by atoms with Gasteiger partial charge in [-0.1, -0.05) is 36.9 Å². The zero-order valence-electron chi connectivity index (χ0n) is 15.9. The highest BCUT2D eigenvalue weighted by molar-refractivity contribution is 7.99. The van der Waals surface area contributed by atoms with Crippen LogP contribution in [0.1, 0.15) is 36.3 Å². The summed E-state index contributed by atoms with van der Waals surface area (Å²) in [4.78, 5) is 21.0. The number of amides is 1. The predicted molar refractivity (Wildman–Crippen MR) is 112 cm³/mol. The molecule has 0 radical (unpaired) electrons. The fourth-order valence-electron chi connectivity index (χ4n) is 3.08. The molecule has 8 heteroatoms. The number of nitrogens with zero attached hydrogens (tertiary/aromatic N) is 4. The second-order valence-electron chi connectivity index (χ2n) is 6.42. The van der Waals surface area contributed by atoms with E-state index in [1.807, 2.05) is 43.3 Å². The molecule has 1 amide bonds. The summed E-state index contributed by atoms with van der Waals surface area (Å²) in [6.45, 7) is 5.69. The third kappa shape index (κ3) is 3.49. The number of thiophene rings is 1. The van der Waals surface area contributed by atoms with Gasteiger partial charge in [0.2, 0.25) is 23.2 Å². The van der Waals surface area contributed by atoms with E-state index >= 15 is 0 Å². The van der Waals surface area contributed by atoms with Crippen molar-refractivity contribution in [3.63, 3.8) is 0 Å². The molecule has 3 aromatic rings. The maximum absolute atomic E-state index is 12.7. The van der Waals surface area contributed by atoms with Crippen LogP contribution in [0.15, 0.2) is 41.6 Å². The number of ether oxygens (including phenoxy) is 1. The highest BCUT2D eigenvalue weighted by atomic mass is 32.2. The number of rotatable bonds is 4. The maximum atomic E-state index is 12.7. The van der Waals surface area contributed by atoms with Crippen LogP contribution in [0.5, 0.6) is 5.88 Å². The molecule has 1 aromatic carbocycles. The Morgan fingerprint density at radius 2 is 2.07 bits per heavy atom. The summed E-state index contributed by atoms with van der Waals surface area (Å²) in [6.07, 6.45) is 0.420. The Morgan fingerprint density at radius 3 is 2.79 bits per heavy atom. The van der Waals surface area contributed by atoms with Crippen LogP contribution in [0.2, 0.25) is 0 Å². The molecule has 4 rings (SSSR count). The monoisotopic (exact) mass is 412 g/mol. The van der Waals surface area contributed by atoms with E-state index in [2.05, 4.69) is 22.1 Å². The lowest BCUT2D eigenvalue weighted by molar-refractivity contribution is -0.118. The quantitative estimate of drug-likeness (QED) is 0.570. The molecule has 0 bridgehead atoms. The first-order valence-electron chi connectivity index (χ1n) is 9.08. The van der Waals surface area contributed by atoms with Crippen molar-refractivity contribution < 1.29 is 9.53 Å². The number of para-hydroxylation sites is 1. The molecule has 2 aromatic heterocycles. The number of thioether (sulfide) groups is 1. The van der Waals surface area contributed by atoms with E-state index in [4.69, 9.17) is 4.74 Å². The van der Waals surface area contributed by atoms with Gasteiger partial charge in [-0.15, -0.1) is 21.5 Å². The number of carbonyl (C=O) groups excluding carboxylic acids is 1. The Kier molecular flexibility index (Phi) is 5.32. The zero-order valence-corrected chi connectivity index (χ0v) is 17.5. The van der Waals surface area contributed by atoms with E-state index in [1.165, 1.54) is 0 Å². The Balaban J connectivity index is 1.89. The number of hydrogen-bond acceptors (Lipinski definition) is 7. The van der Waals surface area contributed by atoms with E-state index in [9.17, 15) is 4.79 Å². The normalized spacial score (nSPS) is 15.4. The molecule has 0 fully saturated rings. The summed E-state index contributed by atoms with van der Waals surface area (Å²) < 4.78 is 6.32. The van der Waals surface area contributed by atoms with Gasteiger partial charge in [-0.2, -0.15) is 4.98 Å². The van der Waals surface area contributed by atoms with E-state index in [1.54, 1.807) is 34.9 Å². The van der Waals surface area contributed by atoms with E-state index in [0.717, 1.165) is 33.2 Å². The van der Waals surface area contributed by atoms with Gasteiger partial charge in [0, 0.05) is 23.1 Å². The number of anilines is 1. The molecule has 3 heterocycles. The fourth-order valence-corrected chi connectivity index (χ4v) is 4.61. The molecule has 1 aliphatic heterocycles. The van der Waals surface area contributed by atoms with Gasteiger partial charge in [0.05, 0.1) is 10.6 Å². The fraction of sp³-hybridized carbons (Fsp3) is 0.300. The molecule has 0 N–H and O–H groups in total. The van der Waals surface area contributed by atoms with Crippen LogP contribution < -0.4 is 9.64 Å². The highest BCUT2D eigenvalue weighted by Crippen LogP contribution is 2.44. The molecule has 0 aliphatic carbocycles. The van der Waals surface area contributed by atoms with Gasteiger partial charge in [0.25, 0.3) is 0 Å². The van der Waals surface area contributed by atoms with Crippen molar-refractivity contribution in [2.75, 3.05) is 10.7 Å². The highest BCUT2D eigenvalue weighted by Gasteiger charge is 2.35. The SMILES string of the molecule is CCCSc1nnc2c(n1)O[C@H](c1ccc(C)s1)N(C(C)=O)c1ccccc1-2. The molecule has 0 spiro atoms. The average molecular weight is 413 g/mol. The second-order valence-corrected chi connectivity index (χ2v) is 8.80. The summed E-state index contributed by atoms with van der Waals surface area (Å²) in [5.74, 6) is 1.20. The van der Waals surface area contributed by atoms with Crippen molar-refractivity contribution in [2.24, 2.45) is 0 Å². The minimum atomic E-state index is -0.598. The lowest BCUT2D eigenvalue weighted by atomic mass is 10.1. The van der Waals surface area contributed by atoms with Crippen molar-refractivity contribution in [2.45, 2.75) is 38.6 Å². The Morgan fingerprint density at radius 1 is 1.25 bits per heavy atom. The molecule has 144 valence electrons. The van der Waals surface area contributed by atoms with Gasteiger partial charge in [-0.3, -0.25) is 9.69 Å². The van der Waals surface area contributed by atoms with Crippen LogP contribution in [0.3, 0.4) is 0 Å². The molecule has 0 unspecified atom stereocenters. The largest absolute Gasteiger partial charge is 0.446 e. The van der Waals surface area contributed by atoms with Crippen LogP contribution in [-0.4, -0.2) is 26.8 Å². The standard InChI is InChI=1S/C20H20N4O2S2/c1-4-11-27-20-21-18-17(22-23-20)14-7-5-6-8-15(14)24(13(3)25)19(26-18)16-10-9-12(2)28-16/h5-10,19H,4,11H2,1-3H3/t19-/m1/s1. The minimum absolute atomic E-state index is 0.107. The zero-order chi connectivity index (χ0) is 19.7. The Hall–Kier alpha value is -2.45. The van der Waals surface area contributed by atoms with Crippen LogP contribution in [-0.2, 0) is 4.79 Å². The number of fused-ring (bicyclic) bond motifs is 3. The van der Waals surface area contributed by atoms with Gasteiger partial charge < -0.3 is 4.74 Å². The topological polar surface area (TPSA) is 68.2 Å². The van der Waals surface area contributed by atoms with Gasteiger partial charge in [0.15, 0.2) is 5.69 Å². The molecule has 0 saturated heterocycles.